The zero-order chi connectivity index (χ0) is 11.4. The van der Waals surface area contributed by atoms with Crippen LogP contribution in [0, 0.1) is 0 Å². The van der Waals surface area contributed by atoms with Crippen LogP contribution in [-0.4, -0.2) is 18.9 Å². The molecule has 0 radical (unpaired) electrons. The summed E-state index contributed by atoms with van der Waals surface area (Å²) in [5.74, 6) is -0.419. The Bertz CT molecular complexity index is 399. The van der Waals surface area contributed by atoms with Crippen LogP contribution in [0.3, 0.4) is 0 Å². The third kappa shape index (κ3) is 2.89. The molecule has 1 aromatic carbocycles. The standard InChI is InChI=1S/C11H11BrO3/c1-7(13)6-8-4-3-5-9(12)10(8)11(14)15-2/h3-5H,6H2,1-2H3. The molecule has 0 aromatic heterocycles. The lowest BCUT2D eigenvalue weighted by atomic mass is 10.0. The number of ether oxygens (including phenoxy) is 1. The van der Waals surface area contributed by atoms with Crippen molar-refractivity contribution in [3.8, 4) is 0 Å². The van der Waals surface area contributed by atoms with Crippen molar-refractivity contribution in [2.45, 2.75) is 13.3 Å². The van der Waals surface area contributed by atoms with Crippen LogP contribution in [0.2, 0.25) is 0 Å². The van der Waals surface area contributed by atoms with E-state index in [1.807, 2.05) is 0 Å². The Balaban J connectivity index is 3.20. The Morgan fingerprint density at radius 3 is 2.60 bits per heavy atom. The molecule has 0 aliphatic rings. The van der Waals surface area contributed by atoms with Crippen molar-refractivity contribution in [2.75, 3.05) is 7.11 Å². The minimum Gasteiger partial charge on any atom is -0.465 e. The van der Waals surface area contributed by atoms with Gasteiger partial charge in [-0.25, -0.2) is 4.79 Å². The van der Waals surface area contributed by atoms with E-state index in [1.54, 1.807) is 18.2 Å². The fourth-order valence-corrected chi connectivity index (χ4v) is 1.88. The molecule has 0 unspecified atom stereocenters. The van der Waals surface area contributed by atoms with Crippen LogP contribution in [0.25, 0.3) is 0 Å². The maximum Gasteiger partial charge on any atom is 0.339 e. The second-order valence-electron chi connectivity index (χ2n) is 3.14. The third-order valence-corrected chi connectivity index (χ3v) is 2.59. The normalized spacial score (nSPS) is 9.80. The van der Waals surface area contributed by atoms with Crippen molar-refractivity contribution in [1.29, 1.82) is 0 Å². The van der Waals surface area contributed by atoms with E-state index in [2.05, 4.69) is 20.7 Å². The van der Waals surface area contributed by atoms with Gasteiger partial charge in [0.05, 0.1) is 12.7 Å². The second kappa shape index (κ2) is 5.07. The van der Waals surface area contributed by atoms with Gasteiger partial charge < -0.3 is 4.74 Å². The highest BCUT2D eigenvalue weighted by Crippen LogP contribution is 2.22. The van der Waals surface area contributed by atoms with Gasteiger partial charge in [-0.3, -0.25) is 4.79 Å². The minimum atomic E-state index is -0.432. The quantitative estimate of drug-likeness (QED) is 0.793. The number of hydrogen-bond acceptors (Lipinski definition) is 3. The summed E-state index contributed by atoms with van der Waals surface area (Å²) >= 11 is 3.27. The molecule has 0 saturated heterocycles. The molecule has 0 spiro atoms. The average molecular weight is 271 g/mol. The van der Waals surface area contributed by atoms with E-state index in [0.717, 1.165) is 0 Å². The van der Waals surface area contributed by atoms with Gasteiger partial charge >= 0.3 is 5.97 Å². The van der Waals surface area contributed by atoms with Crippen molar-refractivity contribution in [3.05, 3.63) is 33.8 Å². The Morgan fingerprint density at radius 2 is 2.07 bits per heavy atom. The zero-order valence-corrected chi connectivity index (χ0v) is 10.1. The summed E-state index contributed by atoms with van der Waals surface area (Å²) in [6.45, 7) is 1.49. The molecule has 0 fully saturated rings. The number of esters is 1. The van der Waals surface area contributed by atoms with Crippen LogP contribution < -0.4 is 0 Å². The van der Waals surface area contributed by atoms with Crippen LogP contribution in [-0.2, 0) is 16.0 Å². The molecule has 0 atom stereocenters. The van der Waals surface area contributed by atoms with E-state index in [9.17, 15) is 9.59 Å². The lowest BCUT2D eigenvalue weighted by Gasteiger charge is -2.08. The molecule has 1 rings (SSSR count). The molecule has 3 nitrogen and oxygen atoms in total. The SMILES string of the molecule is COC(=O)c1c(Br)cccc1CC(C)=O. The van der Waals surface area contributed by atoms with Gasteiger partial charge in [0.15, 0.2) is 0 Å². The summed E-state index contributed by atoms with van der Waals surface area (Å²) in [6.07, 6.45) is 0.240. The number of halogens is 1. The van der Waals surface area contributed by atoms with E-state index < -0.39 is 5.97 Å². The number of benzene rings is 1. The highest BCUT2D eigenvalue weighted by atomic mass is 79.9. The summed E-state index contributed by atoms with van der Waals surface area (Å²) in [7, 11) is 1.32. The zero-order valence-electron chi connectivity index (χ0n) is 8.54. The Morgan fingerprint density at radius 1 is 1.40 bits per heavy atom. The van der Waals surface area contributed by atoms with Crippen LogP contribution in [0.15, 0.2) is 22.7 Å². The number of rotatable bonds is 3. The molecule has 0 heterocycles. The van der Waals surface area contributed by atoms with E-state index in [0.29, 0.717) is 15.6 Å². The summed E-state index contributed by atoms with van der Waals surface area (Å²) < 4.78 is 5.31. The Labute approximate surface area is 96.6 Å². The molecule has 15 heavy (non-hydrogen) atoms. The number of ketones is 1. The van der Waals surface area contributed by atoms with Crippen LogP contribution >= 0.6 is 15.9 Å². The van der Waals surface area contributed by atoms with Crippen molar-refractivity contribution >= 4 is 27.7 Å². The lowest BCUT2D eigenvalue weighted by Crippen LogP contribution is -2.09. The van der Waals surface area contributed by atoms with Gasteiger partial charge in [0.2, 0.25) is 0 Å². The Hall–Kier alpha value is -1.16. The summed E-state index contributed by atoms with van der Waals surface area (Å²) in [5, 5.41) is 0. The fourth-order valence-electron chi connectivity index (χ4n) is 1.31. The molecule has 0 aliphatic carbocycles. The van der Waals surface area contributed by atoms with E-state index >= 15 is 0 Å². The molecule has 0 bridgehead atoms. The average Bonchev–Trinajstić information content (AvgIpc) is 2.16. The van der Waals surface area contributed by atoms with Gasteiger partial charge in [-0.2, -0.15) is 0 Å². The van der Waals surface area contributed by atoms with Gasteiger partial charge in [-0.05, 0) is 34.5 Å². The molecule has 0 amide bonds. The molecule has 0 N–H and O–H groups in total. The second-order valence-corrected chi connectivity index (χ2v) is 4.00. The van der Waals surface area contributed by atoms with Gasteiger partial charge in [-0.1, -0.05) is 12.1 Å². The monoisotopic (exact) mass is 270 g/mol. The fraction of sp³-hybridized carbons (Fsp3) is 0.273. The first kappa shape index (κ1) is 11.9. The third-order valence-electron chi connectivity index (χ3n) is 1.93. The summed E-state index contributed by atoms with van der Waals surface area (Å²) in [6, 6.07) is 5.28. The molecule has 0 saturated carbocycles. The number of hydrogen-bond donors (Lipinski definition) is 0. The van der Waals surface area contributed by atoms with Gasteiger partial charge in [0.1, 0.15) is 5.78 Å². The maximum atomic E-state index is 11.5. The van der Waals surface area contributed by atoms with Gasteiger partial charge in [0.25, 0.3) is 0 Å². The van der Waals surface area contributed by atoms with Crippen molar-refractivity contribution in [3.63, 3.8) is 0 Å². The predicted molar refractivity (Wildman–Crippen MR) is 59.9 cm³/mol. The van der Waals surface area contributed by atoms with Crippen LogP contribution in [0.5, 0.6) is 0 Å². The smallest absolute Gasteiger partial charge is 0.339 e. The van der Waals surface area contributed by atoms with Crippen LogP contribution in [0.4, 0.5) is 0 Å². The van der Waals surface area contributed by atoms with Gasteiger partial charge in [-0.15, -0.1) is 0 Å². The van der Waals surface area contributed by atoms with Crippen LogP contribution in [0.1, 0.15) is 22.8 Å². The number of carbonyl (C=O) groups is 2. The van der Waals surface area contributed by atoms with E-state index in [1.165, 1.54) is 14.0 Å². The van der Waals surface area contributed by atoms with E-state index in [4.69, 9.17) is 0 Å². The summed E-state index contributed by atoms with van der Waals surface area (Å²) in [5.41, 5.74) is 1.11. The number of Topliss-reactive ketones (excluding diaryl/α,β-unsaturated/α-hetero) is 1. The first-order valence-corrected chi connectivity index (χ1v) is 5.20. The molecule has 1 aromatic rings. The maximum absolute atomic E-state index is 11.5. The first-order valence-electron chi connectivity index (χ1n) is 4.41. The van der Waals surface area contributed by atoms with Crippen molar-refractivity contribution in [2.24, 2.45) is 0 Å². The predicted octanol–water partition coefficient (Wildman–Crippen LogP) is 2.37. The number of methoxy groups -OCH3 is 1. The topological polar surface area (TPSA) is 43.4 Å². The molecular formula is C11H11BrO3. The molecule has 80 valence electrons. The molecular weight excluding hydrogens is 260 g/mol. The molecule has 4 heteroatoms. The summed E-state index contributed by atoms with van der Waals surface area (Å²) in [4.78, 5) is 22.5. The largest absolute Gasteiger partial charge is 0.465 e. The first-order chi connectivity index (χ1) is 7.06. The Kier molecular flexibility index (Phi) is 4.03. The highest BCUT2D eigenvalue weighted by Gasteiger charge is 2.16. The van der Waals surface area contributed by atoms with Gasteiger partial charge in [0, 0.05) is 10.9 Å². The molecule has 0 aliphatic heterocycles. The van der Waals surface area contributed by atoms with Crippen molar-refractivity contribution in [1.82, 2.24) is 0 Å². The minimum absolute atomic E-state index is 0.0123. The lowest BCUT2D eigenvalue weighted by molar-refractivity contribution is -0.116. The highest BCUT2D eigenvalue weighted by molar-refractivity contribution is 9.10. The number of carbonyl (C=O) groups excluding carboxylic acids is 2. The van der Waals surface area contributed by atoms with E-state index in [-0.39, 0.29) is 12.2 Å². The van der Waals surface area contributed by atoms with Crippen molar-refractivity contribution < 1.29 is 14.3 Å².